The SMILES string of the molecule is O=C(CN1CCN(C(=S)NCCN2CCOCC2)CC1)Nc1ccccc1Cl. The Morgan fingerprint density at radius 2 is 1.79 bits per heavy atom. The van der Waals surface area contributed by atoms with Gasteiger partial charge >= 0.3 is 0 Å². The van der Waals surface area contributed by atoms with Crippen LogP contribution >= 0.6 is 23.8 Å². The minimum absolute atomic E-state index is 0.0484. The van der Waals surface area contributed by atoms with Gasteiger partial charge in [-0.2, -0.15) is 0 Å². The second-order valence-electron chi connectivity index (χ2n) is 6.98. The summed E-state index contributed by atoms with van der Waals surface area (Å²) in [6.07, 6.45) is 0. The lowest BCUT2D eigenvalue weighted by Crippen LogP contribution is -2.53. The monoisotopic (exact) mass is 425 g/mol. The molecule has 9 heteroatoms. The number of amides is 1. The van der Waals surface area contributed by atoms with E-state index >= 15 is 0 Å². The molecule has 2 N–H and O–H groups in total. The summed E-state index contributed by atoms with van der Waals surface area (Å²) >= 11 is 11.6. The van der Waals surface area contributed by atoms with Crippen LogP contribution in [-0.4, -0.2) is 97.8 Å². The van der Waals surface area contributed by atoms with Crippen molar-refractivity contribution in [3.05, 3.63) is 29.3 Å². The van der Waals surface area contributed by atoms with Gasteiger partial charge in [0.1, 0.15) is 0 Å². The number of carbonyl (C=O) groups is 1. The van der Waals surface area contributed by atoms with Crippen molar-refractivity contribution < 1.29 is 9.53 Å². The van der Waals surface area contributed by atoms with Crippen molar-refractivity contribution in [1.82, 2.24) is 20.0 Å². The first kappa shape index (κ1) is 21.3. The van der Waals surface area contributed by atoms with Gasteiger partial charge in [0.05, 0.1) is 30.5 Å². The van der Waals surface area contributed by atoms with Crippen molar-refractivity contribution in [2.24, 2.45) is 0 Å². The lowest BCUT2D eigenvalue weighted by atomic mass is 10.3. The van der Waals surface area contributed by atoms with E-state index in [1.54, 1.807) is 12.1 Å². The molecule has 0 radical (unpaired) electrons. The number of para-hydroxylation sites is 1. The zero-order valence-corrected chi connectivity index (χ0v) is 17.6. The van der Waals surface area contributed by atoms with Gasteiger partial charge in [-0.15, -0.1) is 0 Å². The highest BCUT2D eigenvalue weighted by molar-refractivity contribution is 7.80. The Balaban J connectivity index is 1.32. The van der Waals surface area contributed by atoms with Crippen LogP contribution in [0.4, 0.5) is 5.69 Å². The Morgan fingerprint density at radius 1 is 1.07 bits per heavy atom. The number of thiocarbonyl (C=S) groups is 1. The molecule has 1 aromatic rings. The molecule has 2 aliphatic rings. The maximum Gasteiger partial charge on any atom is 0.238 e. The first-order valence-electron chi connectivity index (χ1n) is 9.71. The predicted octanol–water partition coefficient (Wildman–Crippen LogP) is 1.10. The molecule has 0 saturated carbocycles. The summed E-state index contributed by atoms with van der Waals surface area (Å²) in [6.45, 7) is 9.05. The van der Waals surface area contributed by atoms with E-state index in [0.29, 0.717) is 17.3 Å². The van der Waals surface area contributed by atoms with Crippen LogP contribution in [0, 0.1) is 0 Å². The molecule has 0 aromatic heterocycles. The number of halogens is 1. The average molecular weight is 426 g/mol. The minimum atomic E-state index is -0.0484. The fraction of sp³-hybridized carbons (Fsp3) is 0.579. The fourth-order valence-corrected chi connectivity index (χ4v) is 3.79. The van der Waals surface area contributed by atoms with Gasteiger partial charge in [0, 0.05) is 52.4 Å². The third kappa shape index (κ3) is 6.56. The van der Waals surface area contributed by atoms with Gasteiger partial charge in [-0.25, -0.2) is 0 Å². The molecule has 28 heavy (non-hydrogen) atoms. The number of carbonyl (C=O) groups excluding carboxylic acids is 1. The molecule has 2 saturated heterocycles. The Kier molecular flexibility index (Phi) is 8.29. The van der Waals surface area contributed by atoms with Crippen molar-refractivity contribution in [3.8, 4) is 0 Å². The summed E-state index contributed by atoms with van der Waals surface area (Å²) in [6, 6.07) is 7.27. The molecule has 0 atom stereocenters. The number of nitrogens with zero attached hydrogens (tertiary/aromatic N) is 3. The number of nitrogens with one attached hydrogen (secondary N) is 2. The molecule has 0 bridgehead atoms. The summed E-state index contributed by atoms with van der Waals surface area (Å²) < 4.78 is 5.36. The van der Waals surface area contributed by atoms with Crippen LogP contribution in [0.3, 0.4) is 0 Å². The summed E-state index contributed by atoms with van der Waals surface area (Å²) in [5, 5.41) is 7.58. The number of hydrogen-bond acceptors (Lipinski definition) is 5. The predicted molar refractivity (Wildman–Crippen MR) is 116 cm³/mol. The number of benzene rings is 1. The van der Waals surface area contributed by atoms with Crippen LogP contribution in [0.1, 0.15) is 0 Å². The number of morpholine rings is 1. The third-order valence-electron chi connectivity index (χ3n) is 4.98. The van der Waals surface area contributed by atoms with E-state index in [4.69, 9.17) is 28.6 Å². The van der Waals surface area contributed by atoms with E-state index < -0.39 is 0 Å². The van der Waals surface area contributed by atoms with Gasteiger partial charge in [-0.05, 0) is 24.4 Å². The van der Waals surface area contributed by atoms with Gasteiger partial charge < -0.3 is 20.3 Å². The highest BCUT2D eigenvalue weighted by Gasteiger charge is 2.21. The Labute approximate surface area is 176 Å². The lowest BCUT2D eigenvalue weighted by molar-refractivity contribution is -0.117. The summed E-state index contributed by atoms with van der Waals surface area (Å²) in [5.74, 6) is -0.0484. The van der Waals surface area contributed by atoms with Crippen LogP contribution in [0.2, 0.25) is 5.02 Å². The van der Waals surface area contributed by atoms with E-state index in [-0.39, 0.29) is 5.91 Å². The molecule has 154 valence electrons. The topological polar surface area (TPSA) is 60.1 Å². The number of hydrogen-bond donors (Lipinski definition) is 2. The van der Waals surface area contributed by atoms with Gasteiger partial charge in [-0.3, -0.25) is 14.6 Å². The molecule has 0 unspecified atom stereocenters. The quantitative estimate of drug-likeness (QED) is 0.662. The van der Waals surface area contributed by atoms with Crippen molar-refractivity contribution >= 4 is 40.5 Å². The second-order valence-corrected chi connectivity index (χ2v) is 7.77. The Hall–Kier alpha value is -1.45. The van der Waals surface area contributed by atoms with Crippen LogP contribution in [0.5, 0.6) is 0 Å². The van der Waals surface area contributed by atoms with E-state index in [2.05, 4.69) is 25.3 Å². The molecule has 2 fully saturated rings. The van der Waals surface area contributed by atoms with Crippen LogP contribution in [-0.2, 0) is 9.53 Å². The smallest absolute Gasteiger partial charge is 0.238 e. The number of piperazine rings is 1. The Morgan fingerprint density at radius 3 is 2.50 bits per heavy atom. The fourth-order valence-electron chi connectivity index (χ4n) is 3.32. The van der Waals surface area contributed by atoms with Crippen LogP contribution in [0.15, 0.2) is 24.3 Å². The van der Waals surface area contributed by atoms with Crippen LogP contribution < -0.4 is 10.6 Å². The molecular weight excluding hydrogens is 398 g/mol. The van der Waals surface area contributed by atoms with Gasteiger partial charge in [0.25, 0.3) is 0 Å². The van der Waals surface area contributed by atoms with Crippen molar-refractivity contribution in [2.75, 3.05) is 77.4 Å². The average Bonchev–Trinajstić information content (AvgIpc) is 2.71. The number of anilines is 1. The maximum atomic E-state index is 12.3. The molecule has 2 heterocycles. The summed E-state index contributed by atoms with van der Waals surface area (Å²) in [7, 11) is 0. The molecule has 1 aromatic carbocycles. The van der Waals surface area contributed by atoms with Gasteiger partial charge in [0.15, 0.2) is 5.11 Å². The Bertz CT molecular complexity index is 663. The van der Waals surface area contributed by atoms with E-state index in [0.717, 1.165) is 70.7 Å². The summed E-state index contributed by atoms with van der Waals surface area (Å²) in [4.78, 5) is 19.0. The maximum absolute atomic E-state index is 12.3. The van der Waals surface area contributed by atoms with Crippen molar-refractivity contribution in [1.29, 1.82) is 0 Å². The lowest BCUT2D eigenvalue weighted by Gasteiger charge is -2.36. The van der Waals surface area contributed by atoms with E-state index in [1.165, 1.54) is 0 Å². The summed E-state index contributed by atoms with van der Waals surface area (Å²) in [5.41, 5.74) is 0.651. The molecule has 7 nitrogen and oxygen atoms in total. The third-order valence-corrected chi connectivity index (χ3v) is 5.71. The first-order valence-corrected chi connectivity index (χ1v) is 10.5. The standard InChI is InChI=1S/C19H28ClN5O2S/c20-16-3-1-2-4-17(16)22-18(26)15-24-7-9-25(10-8-24)19(28)21-5-6-23-11-13-27-14-12-23/h1-4H,5-15H2,(H,21,28)(H,22,26). The number of rotatable bonds is 6. The molecule has 0 aliphatic carbocycles. The molecular formula is C19H28ClN5O2S. The van der Waals surface area contributed by atoms with E-state index in [9.17, 15) is 4.79 Å². The van der Waals surface area contributed by atoms with Crippen molar-refractivity contribution in [3.63, 3.8) is 0 Å². The highest BCUT2D eigenvalue weighted by atomic mass is 35.5. The van der Waals surface area contributed by atoms with Gasteiger partial charge in [0.2, 0.25) is 5.91 Å². The minimum Gasteiger partial charge on any atom is -0.379 e. The highest BCUT2D eigenvalue weighted by Crippen LogP contribution is 2.20. The van der Waals surface area contributed by atoms with Crippen molar-refractivity contribution in [2.45, 2.75) is 0 Å². The normalized spacial score (nSPS) is 18.7. The largest absolute Gasteiger partial charge is 0.379 e. The van der Waals surface area contributed by atoms with Crippen LogP contribution in [0.25, 0.3) is 0 Å². The first-order chi connectivity index (χ1) is 13.6. The van der Waals surface area contributed by atoms with E-state index in [1.807, 2.05) is 12.1 Å². The molecule has 3 rings (SSSR count). The zero-order chi connectivity index (χ0) is 19.8. The zero-order valence-electron chi connectivity index (χ0n) is 16.0. The molecule has 1 amide bonds. The van der Waals surface area contributed by atoms with Gasteiger partial charge in [-0.1, -0.05) is 23.7 Å². The number of ether oxygens (including phenoxy) is 1. The second kappa shape index (κ2) is 10.9. The molecule has 2 aliphatic heterocycles. The molecule has 0 spiro atoms.